The molecule has 4 aromatic carbocycles. The van der Waals surface area contributed by atoms with Crippen molar-refractivity contribution in [3.63, 3.8) is 0 Å². The SMILES string of the molecule is Cc1ccc(S(=O)(=O)N(CC(=O)Nc2ccc(Cl)cc2C(=O)c2ccccc2)c2cc(Cl)ccc2Cl)cc1. The van der Waals surface area contributed by atoms with E-state index in [1.54, 1.807) is 42.5 Å². The summed E-state index contributed by atoms with van der Waals surface area (Å²) in [7, 11) is -4.23. The van der Waals surface area contributed by atoms with E-state index in [4.69, 9.17) is 34.8 Å². The zero-order valence-electron chi connectivity index (χ0n) is 20.0. The van der Waals surface area contributed by atoms with E-state index < -0.39 is 22.5 Å². The van der Waals surface area contributed by atoms with Crippen molar-refractivity contribution in [1.29, 1.82) is 0 Å². The van der Waals surface area contributed by atoms with Gasteiger partial charge in [-0.05, 0) is 55.5 Å². The van der Waals surface area contributed by atoms with Crippen molar-refractivity contribution in [2.75, 3.05) is 16.2 Å². The number of ketones is 1. The molecule has 0 spiro atoms. The van der Waals surface area contributed by atoms with E-state index in [1.165, 1.54) is 48.5 Å². The van der Waals surface area contributed by atoms with Crippen molar-refractivity contribution in [2.45, 2.75) is 11.8 Å². The highest BCUT2D eigenvalue weighted by Gasteiger charge is 2.29. The zero-order valence-corrected chi connectivity index (χ0v) is 23.1. The molecule has 1 amide bonds. The number of nitrogens with one attached hydrogen (secondary N) is 1. The van der Waals surface area contributed by atoms with Gasteiger partial charge in [0.15, 0.2) is 5.78 Å². The van der Waals surface area contributed by atoms with Gasteiger partial charge < -0.3 is 5.32 Å². The molecule has 6 nitrogen and oxygen atoms in total. The third kappa shape index (κ3) is 6.19. The molecule has 38 heavy (non-hydrogen) atoms. The number of halogens is 3. The summed E-state index contributed by atoms with van der Waals surface area (Å²) in [5.41, 5.74) is 1.64. The summed E-state index contributed by atoms with van der Waals surface area (Å²) in [6.07, 6.45) is 0. The van der Waals surface area contributed by atoms with Crippen LogP contribution in [0.1, 0.15) is 21.5 Å². The summed E-state index contributed by atoms with van der Waals surface area (Å²) in [6.45, 7) is 1.19. The predicted molar refractivity (Wildman–Crippen MR) is 152 cm³/mol. The van der Waals surface area contributed by atoms with Crippen LogP contribution in [-0.4, -0.2) is 26.7 Å². The van der Waals surface area contributed by atoms with E-state index >= 15 is 0 Å². The fourth-order valence-corrected chi connectivity index (χ4v) is 5.73. The van der Waals surface area contributed by atoms with Crippen molar-refractivity contribution < 1.29 is 18.0 Å². The Morgan fingerprint density at radius 2 is 1.45 bits per heavy atom. The van der Waals surface area contributed by atoms with Gasteiger partial charge in [0.25, 0.3) is 10.0 Å². The average molecular weight is 588 g/mol. The highest BCUT2D eigenvalue weighted by molar-refractivity contribution is 7.92. The third-order valence-corrected chi connectivity index (χ3v) is 8.17. The Balaban J connectivity index is 1.71. The summed E-state index contributed by atoms with van der Waals surface area (Å²) < 4.78 is 28.2. The van der Waals surface area contributed by atoms with Gasteiger partial charge in [-0.2, -0.15) is 0 Å². The highest BCUT2D eigenvalue weighted by Crippen LogP contribution is 2.33. The number of amides is 1. The van der Waals surface area contributed by atoms with Crippen LogP contribution >= 0.6 is 34.8 Å². The van der Waals surface area contributed by atoms with Crippen molar-refractivity contribution in [2.24, 2.45) is 0 Å². The fraction of sp³-hybridized carbons (Fsp3) is 0.0714. The standard InChI is InChI=1S/C28H21Cl3N2O4S/c1-18-7-11-22(12-8-18)38(36,37)33(26-16-21(30)9-13-24(26)31)17-27(34)32-25-14-10-20(29)15-23(25)28(35)19-5-3-2-4-6-19/h2-16H,17H2,1H3,(H,32,34). The van der Waals surface area contributed by atoms with Gasteiger partial charge in [-0.1, -0.05) is 82.8 Å². The molecule has 0 heterocycles. The maximum absolute atomic E-state index is 13.7. The van der Waals surface area contributed by atoms with E-state index in [9.17, 15) is 18.0 Å². The first-order valence-corrected chi connectivity index (χ1v) is 13.9. The smallest absolute Gasteiger partial charge is 0.264 e. The number of rotatable bonds is 8. The molecule has 0 saturated heterocycles. The molecule has 0 bridgehead atoms. The second kappa shape index (κ2) is 11.6. The molecule has 0 atom stereocenters. The Bertz CT molecular complexity index is 1610. The normalized spacial score (nSPS) is 11.2. The molecular formula is C28H21Cl3N2O4S. The van der Waals surface area contributed by atoms with E-state index in [0.717, 1.165) is 9.87 Å². The molecule has 4 aromatic rings. The lowest BCUT2D eigenvalue weighted by Crippen LogP contribution is -2.38. The maximum atomic E-state index is 13.7. The van der Waals surface area contributed by atoms with Crippen LogP contribution in [0, 0.1) is 6.92 Å². The summed E-state index contributed by atoms with van der Waals surface area (Å²) in [6, 6.07) is 23.5. The van der Waals surface area contributed by atoms with Gasteiger partial charge in [-0.3, -0.25) is 13.9 Å². The van der Waals surface area contributed by atoms with Gasteiger partial charge in [0.2, 0.25) is 5.91 Å². The molecule has 0 aliphatic carbocycles. The number of hydrogen-bond acceptors (Lipinski definition) is 4. The summed E-state index contributed by atoms with van der Waals surface area (Å²) >= 11 is 18.6. The third-order valence-electron chi connectivity index (χ3n) is 5.61. The molecule has 4 rings (SSSR count). The van der Waals surface area contributed by atoms with Crippen LogP contribution in [0.3, 0.4) is 0 Å². The molecule has 1 N–H and O–H groups in total. The van der Waals surface area contributed by atoms with Crippen LogP contribution in [0.5, 0.6) is 0 Å². The van der Waals surface area contributed by atoms with Crippen LogP contribution in [0.25, 0.3) is 0 Å². The van der Waals surface area contributed by atoms with Crippen molar-refractivity contribution >= 4 is 67.9 Å². The lowest BCUT2D eigenvalue weighted by molar-refractivity contribution is -0.114. The van der Waals surface area contributed by atoms with Gasteiger partial charge in [0, 0.05) is 21.2 Å². The monoisotopic (exact) mass is 586 g/mol. The molecule has 10 heteroatoms. The van der Waals surface area contributed by atoms with Crippen molar-refractivity contribution in [1.82, 2.24) is 0 Å². The van der Waals surface area contributed by atoms with Gasteiger partial charge in [-0.25, -0.2) is 8.42 Å². The molecule has 0 fully saturated rings. The molecule has 0 aliphatic rings. The lowest BCUT2D eigenvalue weighted by atomic mass is 10.0. The topological polar surface area (TPSA) is 83.6 Å². The van der Waals surface area contributed by atoms with Crippen LogP contribution in [0.4, 0.5) is 11.4 Å². The first kappa shape index (κ1) is 27.7. The maximum Gasteiger partial charge on any atom is 0.264 e. The number of benzene rings is 4. The van der Waals surface area contributed by atoms with E-state index in [0.29, 0.717) is 10.6 Å². The number of anilines is 2. The van der Waals surface area contributed by atoms with Gasteiger partial charge >= 0.3 is 0 Å². The number of carbonyl (C=O) groups excluding carboxylic acids is 2. The minimum Gasteiger partial charge on any atom is -0.324 e. The molecule has 0 aromatic heterocycles. The molecule has 0 saturated carbocycles. The molecule has 0 unspecified atom stereocenters. The predicted octanol–water partition coefficient (Wildman–Crippen LogP) is 7.02. The molecular weight excluding hydrogens is 567 g/mol. The molecule has 0 radical (unpaired) electrons. The van der Waals surface area contributed by atoms with Crippen molar-refractivity contribution in [3.8, 4) is 0 Å². The van der Waals surface area contributed by atoms with E-state index in [-0.39, 0.29) is 37.7 Å². The second-order valence-corrected chi connectivity index (χ2v) is 11.5. The highest BCUT2D eigenvalue weighted by atomic mass is 35.5. The lowest BCUT2D eigenvalue weighted by Gasteiger charge is -2.25. The Labute approximate surface area is 235 Å². The Kier molecular flexibility index (Phi) is 8.43. The Morgan fingerprint density at radius 3 is 2.13 bits per heavy atom. The average Bonchev–Trinajstić information content (AvgIpc) is 2.90. The number of aryl methyl sites for hydroxylation is 1. The first-order chi connectivity index (χ1) is 18.1. The van der Waals surface area contributed by atoms with E-state index in [1.807, 2.05) is 6.92 Å². The zero-order chi connectivity index (χ0) is 27.4. The fourth-order valence-electron chi connectivity index (χ4n) is 3.69. The summed E-state index contributed by atoms with van der Waals surface area (Å²) in [5, 5.41) is 3.28. The Morgan fingerprint density at radius 1 is 0.816 bits per heavy atom. The number of hydrogen-bond donors (Lipinski definition) is 1. The van der Waals surface area contributed by atoms with Crippen LogP contribution in [-0.2, 0) is 14.8 Å². The number of carbonyl (C=O) groups is 2. The van der Waals surface area contributed by atoms with Crippen molar-refractivity contribution in [3.05, 3.63) is 123 Å². The largest absolute Gasteiger partial charge is 0.324 e. The van der Waals surface area contributed by atoms with Gasteiger partial charge in [-0.15, -0.1) is 0 Å². The first-order valence-electron chi connectivity index (χ1n) is 11.3. The number of nitrogens with zero attached hydrogens (tertiary/aromatic N) is 1. The van der Waals surface area contributed by atoms with Gasteiger partial charge in [0.05, 0.1) is 21.3 Å². The van der Waals surface area contributed by atoms with Crippen LogP contribution in [0.2, 0.25) is 15.1 Å². The number of sulfonamides is 1. The summed E-state index contributed by atoms with van der Waals surface area (Å²) in [5.74, 6) is -1.06. The quantitative estimate of drug-likeness (QED) is 0.225. The minimum absolute atomic E-state index is 0.0293. The summed E-state index contributed by atoms with van der Waals surface area (Å²) in [4.78, 5) is 26.4. The molecule has 194 valence electrons. The van der Waals surface area contributed by atoms with Gasteiger partial charge in [0.1, 0.15) is 6.54 Å². The molecule has 0 aliphatic heterocycles. The van der Waals surface area contributed by atoms with E-state index in [2.05, 4.69) is 5.32 Å². The van der Waals surface area contributed by atoms with Crippen LogP contribution in [0.15, 0.2) is 95.9 Å². The van der Waals surface area contributed by atoms with Crippen LogP contribution < -0.4 is 9.62 Å². The Hall–Kier alpha value is -3.36. The second-order valence-electron chi connectivity index (χ2n) is 8.35. The minimum atomic E-state index is -4.23.